The van der Waals surface area contributed by atoms with Gasteiger partial charge in [0.05, 0.1) is 26.4 Å². The van der Waals surface area contributed by atoms with Crippen molar-refractivity contribution in [1.29, 1.82) is 0 Å². The van der Waals surface area contributed by atoms with Gasteiger partial charge in [-0.2, -0.15) is 0 Å². The zero-order valence-corrected chi connectivity index (χ0v) is 18.7. The van der Waals surface area contributed by atoms with Gasteiger partial charge in [-0.3, -0.25) is 0 Å². The molecule has 2 N–H and O–H groups in total. The number of ether oxygens (including phenoxy) is 3. The van der Waals surface area contributed by atoms with Gasteiger partial charge in [-0.05, 0) is 46.0 Å². The van der Waals surface area contributed by atoms with E-state index in [-0.39, 0.29) is 25.7 Å². The largest absolute Gasteiger partial charge is 0.496 e. The van der Waals surface area contributed by atoms with E-state index in [9.17, 15) is 9.90 Å². The molecule has 0 radical (unpaired) electrons. The standard InChI is InChI=1S/C27H27NO5/c1-31-25-14-18(16-29)15-26(32-2)23(25)12-7-13-28-27(30)33-17-24-21-10-5-3-8-19(21)20-9-4-6-11-22(20)24/h3-12,14-15,24,29H,13,16-17H2,1-2H3,(H,28,30). The molecule has 0 saturated heterocycles. The SMILES string of the molecule is COc1cc(CO)cc(OC)c1C=CCNC(=O)OCC1c2ccccc2-c2ccccc21. The molecular weight excluding hydrogens is 418 g/mol. The number of hydrogen-bond acceptors (Lipinski definition) is 5. The molecule has 0 atom stereocenters. The minimum absolute atomic E-state index is 0.0252. The van der Waals surface area contributed by atoms with Crippen LogP contribution in [0.1, 0.15) is 28.2 Å². The maximum atomic E-state index is 12.3. The van der Waals surface area contributed by atoms with Gasteiger partial charge in [-0.25, -0.2) is 4.79 Å². The first-order valence-electron chi connectivity index (χ1n) is 10.8. The molecule has 3 aromatic rings. The Kier molecular flexibility index (Phi) is 6.95. The van der Waals surface area contributed by atoms with Crippen LogP contribution in [0.5, 0.6) is 11.5 Å². The summed E-state index contributed by atoms with van der Waals surface area (Å²) in [6, 6.07) is 20.0. The topological polar surface area (TPSA) is 77.0 Å². The number of nitrogens with one attached hydrogen (secondary N) is 1. The summed E-state index contributed by atoms with van der Waals surface area (Å²) in [6.07, 6.45) is 3.12. The molecule has 0 aliphatic heterocycles. The van der Waals surface area contributed by atoms with E-state index < -0.39 is 6.09 Å². The van der Waals surface area contributed by atoms with E-state index in [0.717, 1.165) is 5.56 Å². The fraction of sp³-hybridized carbons (Fsp3) is 0.222. The first kappa shape index (κ1) is 22.4. The van der Waals surface area contributed by atoms with Crippen LogP contribution in [-0.2, 0) is 11.3 Å². The van der Waals surface area contributed by atoms with Gasteiger partial charge in [0.2, 0.25) is 0 Å². The molecule has 0 saturated carbocycles. The van der Waals surface area contributed by atoms with Gasteiger partial charge in [-0.1, -0.05) is 54.6 Å². The fourth-order valence-corrected chi connectivity index (χ4v) is 4.22. The highest BCUT2D eigenvalue weighted by molar-refractivity contribution is 5.79. The van der Waals surface area contributed by atoms with Gasteiger partial charge < -0.3 is 24.6 Å². The van der Waals surface area contributed by atoms with E-state index >= 15 is 0 Å². The predicted octanol–water partition coefficient (Wildman–Crippen LogP) is 4.75. The van der Waals surface area contributed by atoms with Crippen LogP contribution in [0.15, 0.2) is 66.7 Å². The Morgan fingerprint density at radius 1 is 0.970 bits per heavy atom. The molecule has 0 spiro atoms. The van der Waals surface area contributed by atoms with Crippen molar-refractivity contribution in [2.75, 3.05) is 27.4 Å². The van der Waals surface area contributed by atoms with E-state index in [4.69, 9.17) is 14.2 Å². The third kappa shape index (κ3) is 4.71. The number of benzene rings is 3. The quantitative estimate of drug-likeness (QED) is 0.523. The Balaban J connectivity index is 1.36. The average Bonchev–Trinajstić information content (AvgIpc) is 3.18. The summed E-state index contributed by atoms with van der Waals surface area (Å²) in [5, 5.41) is 12.1. The molecule has 0 heterocycles. The minimum Gasteiger partial charge on any atom is -0.496 e. The summed E-state index contributed by atoms with van der Waals surface area (Å²) in [5.41, 5.74) is 6.17. The third-order valence-electron chi connectivity index (χ3n) is 5.78. The number of carbonyl (C=O) groups is 1. The van der Waals surface area contributed by atoms with Crippen molar-refractivity contribution in [3.05, 3.63) is 89.0 Å². The Morgan fingerprint density at radius 2 is 1.55 bits per heavy atom. The number of hydrogen-bond donors (Lipinski definition) is 2. The molecule has 3 aromatic carbocycles. The van der Waals surface area contributed by atoms with Gasteiger partial charge in [-0.15, -0.1) is 0 Å². The number of amides is 1. The molecule has 0 aromatic heterocycles. The van der Waals surface area contributed by atoms with E-state index in [0.29, 0.717) is 17.1 Å². The van der Waals surface area contributed by atoms with Crippen LogP contribution in [0.2, 0.25) is 0 Å². The van der Waals surface area contributed by atoms with Crippen molar-refractivity contribution in [2.24, 2.45) is 0 Å². The molecule has 33 heavy (non-hydrogen) atoms. The van der Waals surface area contributed by atoms with Crippen molar-refractivity contribution in [2.45, 2.75) is 12.5 Å². The van der Waals surface area contributed by atoms with E-state index in [1.807, 2.05) is 30.3 Å². The summed E-state index contributed by atoms with van der Waals surface area (Å²) >= 11 is 0. The van der Waals surface area contributed by atoms with Crippen LogP contribution in [-0.4, -0.2) is 38.6 Å². The molecule has 6 nitrogen and oxygen atoms in total. The van der Waals surface area contributed by atoms with Crippen molar-refractivity contribution in [1.82, 2.24) is 5.32 Å². The lowest BCUT2D eigenvalue weighted by Gasteiger charge is -2.14. The summed E-state index contributed by atoms with van der Waals surface area (Å²) in [5.74, 6) is 1.18. The Labute approximate surface area is 193 Å². The molecule has 0 fully saturated rings. The Morgan fingerprint density at radius 3 is 2.09 bits per heavy atom. The number of aliphatic hydroxyl groups is 1. The molecule has 0 unspecified atom stereocenters. The second kappa shape index (κ2) is 10.2. The molecule has 170 valence electrons. The molecular formula is C27H27NO5. The molecule has 1 aliphatic carbocycles. The maximum absolute atomic E-state index is 12.3. The average molecular weight is 446 g/mol. The maximum Gasteiger partial charge on any atom is 0.407 e. The second-order valence-corrected chi connectivity index (χ2v) is 7.68. The lowest BCUT2D eigenvalue weighted by atomic mass is 9.98. The highest BCUT2D eigenvalue weighted by Crippen LogP contribution is 2.44. The lowest BCUT2D eigenvalue weighted by molar-refractivity contribution is 0.144. The highest BCUT2D eigenvalue weighted by atomic mass is 16.5. The third-order valence-corrected chi connectivity index (χ3v) is 5.78. The number of aliphatic hydroxyl groups excluding tert-OH is 1. The predicted molar refractivity (Wildman–Crippen MR) is 128 cm³/mol. The van der Waals surface area contributed by atoms with Gasteiger partial charge in [0.15, 0.2) is 0 Å². The van der Waals surface area contributed by atoms with Gasteiger partial charge in [0.1, 0.15) is 18.1 Å². The number of rotatable bonds is 8. The van der Waals surface area contributed by atoms with Gasteiger partial charge >= 0.3 is 6.09 Å². The smallest absolute Gasteiger partial charge is 0.407 e. The number of fused-ring (bicyclic) bond motifs is 3. The number of alkyl carbamates (subject to hydrolysis) is 1. The first-order chi connectivity index (χ1) is 16.2. The zero-order chi connectivity index (χ0) is 23.2. The normalized spacial score (nSPS) is 12.3. The zero-order valence-electron chi connectivity index (χ0n) is 18.7. The Hall–Kier alpha value is -3.77. The van der Waals surface area contributed by atoms with Crippen LogP contribution in [0, 0.1) is 0 Å². The summed E-state index contributed by atoms with van der Waals surface area (Å²) in [4.78, 5) is 12.3. The van der Waals surface area contributed by atoms with Crippen LogP contribution < -0.4 is 14.8 Å². The summed E-state index contributed by atoms with van der Waals surface area (Å²) in [6.45, 7) is 0.443. The highest BCUT2D eigenvalue weighted by Gasteiger charge is 2.28. The summed E-state index contributed by atoms with van der Waals surface area (Å²) in [7, 11) is 3.12. The Bertz CT molecular complexity index is 1100. The lowest BCUT2D eigenvalue weighted by Crippen LogP contribution is -2.26. The fourth-order valence-electron chi connectivity index (χ4n) is 4.22. The van der Waals surface area contributed by atoms with Gasteiger partial charge in [0, 0.05) is 12.5 Å². The molecule has 1 aliphatic rings. The van der Waals surface area contributed by atoms with Crippen molar-refractivity contribution in [3.8, 4) is 22.6 Å². The van der Waals surface area contributed by atoms with Crippen LogP contribution in [0.3, 0.4) is 0 Å². The number of carbonyl (C=O) groups excluding carboxylic acids is 1. The van der Waals surface area contributed by atoms with Crippen molar-refractivity contribution < 1.29 is 24.1 Å². The molecule has 6 heteroatoms. The molecule has 0 bridgehead atoms. The van der Waals surface area contributed by atoms with Gasteiger partial charge in [0.25, 0.3) is 0 Å². The second-order valence-electron chi connectivity index (χ2n) is 7.68. The molecule has 4 rings (SSSR count). The van der Waals surface area contributed by atoms with E-state index in [1.54, 1.807) is 32.4 Å². The molecule has 1 amide bonds. The van der Waals surface area contributed by atoms with E-state index in [1.165, 1.54) is 22.3 Å². The van der Waals surface area contributed by atoms with Crippen LogP contribution in [0.4, 0.5) is 4.79 Å². The van der Waals surface area contributed by atoms with Crippen LogP contribution >= 0.6 is 0 Å². The van der Waals surface area contributed by atoms with Crippen molar-refractivity contribution in [3.63, 3.8) is 0 Å². The van der Waals surface area contributed by atoms with E-state index in [2.05, 4.69) is 29.6 Å². The first-order valence-corrected chi connectivity index (χ1v) is 10.8. The number of methoxy groups -OCH3 is 2. The van der Waals surface area contributed by atoms with Crippen molar-refractivity contribution >= 4 is 12.2 Å². The van der Waals surface area contributed by atoms with Crippen LogP contribution in [0.25, 0.3) is 17.2 Å². The minimum atomic E-state index is -0.476. The monoisotopic (exact) mass is 445 g/mol. The summed E-state index contributed by atoms with van der Waals surface area (Å²) < 4.78 is 16.4.